The number of guanidine groups is 1. The van der Waals surface area contributed by atoms with E-state index < -0.39 is 29.8 Å². The monoisotopic (exact) mass is 472 g/mol. The standard InChI is InChI=1S/C27H28N4O4/c1-3-35-26(34)22-11-7-10-21(16-22)23(24(32)30-17-19-14-12-18(2)13-15-19)31(27(28)29)25(33)20-8-5-4-6-9-20/h4-16,23H,3,17H2,1-2H3,(H3,28,29)(H,30,32)/t23-/m1/s1. The molecule has 0 unspecified atom stereocenters. The van der Waals surface area contributed by atoms with Crippen molar-refractivity contribution in [3.63, 3.8) is 0 Å². The molecule has 180 valence electrons. The lowest BCUT2D eigenvalue weighted by Crippen LogP contribution is -2.49. The van der Waals surface area contributed by atoms with Crippen LogP contribution in [0.3, 0.4) is 0 Å². The Kier molecular flexibility index (Phi) is 8.34. The predicted octanol–water partition coefficient (Wildman–Crippen LogP) is 3.57. The van der Waals surface area contributed by atoms with Crippen molar-refractivity contribution < 1.29 is 19.1 Å². The van der Waals surface area contributed by atoms with E-state index in [1.54, 1.807) is 55.5 Å². The summed E-state index contributed by atoms with van der Waals surface area (Å²) in [5.41, 5.74) is 8.59. The number of nitrogens with two attached hydrogens (primary N) is 1. The molecule has 1 atom stereocenters. The maximum absolute atomic E-state index is 13.5. The summed E-state index contributed by atoms with van der Waals surface area (Å²) in [6.07, 6.45) is 0. The molecule has 3 rings (SSSR count). The van der Waals surface area contributed by atoms with Gasteiger partial charge < -0.3 is 15.8 Å². The number of ether oxygens (including phenoxy) is 1. The average Bonchev–Trinajstić information content (AvgIpc) is 2.87. The van der Waals surface area contributed by atoms with E-state index in [9.17, 15) is 14.4 Å². The molecule has 35 heavy (non-hydrogen) atoms. The number of hydrogen-bond donors (Lipinski definition) is 3. The van der Waals surface area contributed by atoms with E-state index in [4.69, 9.17) is 15.9 Å². The number of amides is 2. The minimum atomic E-state index is -1.29. The first-order valence-corrected chi connectivity index (χ1v) is 11.1. The summed E-state index contributed by atoms with van der Waals surface area (Å²) in [6.45, 7) is 4.06. The van der Waals surface area contributed by atoms with Gasteiger partial charge in [-0.15, -0.1) is 0 Å². The van der Waals surface area contributed by atoms with Gasteiger partial charge in [0, 0.05) is 12.1 Å². The van der Waals surface area contributed by atoms with Gasteiger partial charge in [0.15, 0.2) is 5.96 Å². The molecule has 0 aliphatic heterocycles. The van der Waals surface area contributed by atoms with Gasteiger partial charge in [-0.1, -0.05) is 60.2 Å². The van der Waals surface area contributed by atoms with E-state index in [0.29, 0.717) is 5.56 Å². The smallest absolute Gasteiger partial charge is 0.338 e. The summed E-state index contributed by atoms with van der Waals surface area (Å²) < 4.78 is 5.08. The largest absolute Gasteiger partial charge is 0.462 e. The summed E-state index contributed by atoms with van der Waals surface area (Å²) in [6, 6.07) is 20.9. The lowest BCUT2D eigenvalue weighted by Gasteiger charge is -2.30. The molecule has 0 aromatic heterocycles. The van der Waals surface area contributed by atoms with Crippen molar-refractivity contribution >= 4 is 23.7 Å². The van der Waals surface area contributed by atoms with Gasteiger partial charge >= 0.3 is 5.97 Å². The Hall–Kier alpha value is -4.46. The fraction of sp³-hybridized carbons (Fsp3) is 0.185. The second-order valence-corrected chi connectivity index (χ2v) is 7.88. The van der Waals surface area contributed by atoms with Crippen LogP contribution in [0, 0.1) is 12.3 Å². The zero-order chi connectivity index (χ0) is 25.4. The third kappa shape index (κ3) is 6.32. The minimum absolute atomic E-state index is 0.190. The predicted molar refractivity (Wildman–Crippen MR) is 133 cm³/mol. The SMILES string of the molecule is CCOC(=O)c1cccc([C@H](C(=O)NCc2ccc(C)cc2)N(C(=N)N)C(=O)c2ccccc2)c1. The van der Waals surface area contributed by atoms with Crippen LogP contribution in [0.4, 0.5) is 0 Å². The Bertz CT molecular complexity index is 1210. The molecule has 0 spiro atoms. The molecule has 0 saturated carbocycles. The third-order valence-corrected chi connectivity index (χ3v) is 5.31. The molecule has 3 aromatic carbocycles. The molecule has 8 heteroatoms. The number of aryl methyl sites for hydroxylation is 1. The van der Waals surface area contributed by atoms with Crippen LogP contribution in [0.2, 0.25) is 0 Å². The highest BCUT2D eigenvalue weighted by Gasteiger charge is 2.34. The van der Waals surface area contributed by atoms with Gasteiger partial charge in [-0.2, -0.15) is 0 Å². The molecule has 2 amide bonds. The molecule has 0 aliphatic carbocycles. The molecule has 0 fully saturated rings. The van der Waals surface area contributed by atoms with E-state index in [1.165, 1.54) is 6.07 Å². The second-order valence-electron chi connectivity index (χ2n) is 7.88. The van der Waals surface area contributed by atoms with Gasteiger partial charge in [-0.3, -0.25) is 19.9 Å². The van der Waals surface area contributed by atoms with Crippen molar-refractivity contribution in [3.05, 3.63) is 107 Å². The Morgan fingerprint density at radius 2 is 1.63 bits per heavy atom. The lowest BCUT2D eigenvalue weighted by atomic mass is 10.0. The molecule has 8 nitrogen and oxygen atoms in total. The van der Waals surface area contributed by atoms with E-state index in [-0.39, 0.29) is 24.3 Å². The van der Waals surface area contributed by atoms with Crippen LogP contribution in [0.25, 0.3) is 0 Å². The zero-order valence-corrected chi connectivity index (χ0v) is 19.7. The fourth-order valence-electron chi connectivity index (χ4n) is 3.55. The van der Waals surface area contributed by atoms with Gasteiger partial charge in [0.1, 0.15) is 6.04 Å². The van der Waals surface area contributed by atoms with Crippen LogP contribution in [-0.4, -0.2) is 35.3 Å². The van der Waals surface area contributed by atoms with Crippen LogP contribution in [0.1, 0.15) is 50.4 Å². The summed E-state index contributed by atoms with van der Waals surface area (Å²) in [7, 11) is 0. The lowest BCUT2D eigenvalue weighted by molar-refractivity contribution is -0.125. The molecule has 0 radical (unpaired) electrons. The van der Waals surface area contributed by atoms with Crippen LogP contribution in [0.5, 0.6) is 0 Å². The fourth-order valence-corrected chi connectivity index (χ4v) is 3.55. The highest BCUT2D eigenvalue weighted by molar-refractivity contribution is 6.07. The van der Waals surface area contributed by atoms with Crippen LogP contribution >= 0.6 is 0 Å². The normalized spacial score (nSPS) is 11.3. The maximum atomic E-state index is 13.5. The van der Waals surface area contributed by atoms with Crippen molar-refractivity contribution in [1.82, 2.24) is 10.2 Å². The van der Waals surface area contributed by atoms with Crippen molar-refractivity contribution in [2.75, 3.05) is 6.61 Å². The van der Waals surface area contributed by atoms with E-state index in [1.807, 2.05) is 31.2 Å². The highest BCUT2D eigenvalue weighted by atomic mass is 16.5. The van der Waals surface area contributed by atoms with Gasteiger partial charge in [-0.05, 0) is 49.2 Å². The van der Waals surface area contributed by atoms with Gasteiger partial charge in [0.05, 0.1) is 12.2 Å². The van der Waals surface area contributed by atoms with Crippen molar-refractivity contribution in [3.8, 4) is 0 Å². The van der Waals surface area contributed by atoms with Crippen molar-refractivity contribution in [2.24, 2.45) is 5.73 Å². The Morgan fingerprint density at radius 3 is 2.26 bits per heavy atom. The summed E-state index contributed by atoms with van der Waals surface area (Å²) in [4.78, 5) is 40.1. The molecule has 3 aromatic rings. The van der Waals surface area contributed by atoms with Crippen LogP contribution in [0.15, 0.2) is 78.9 Å². The summed E-state index contributed by atoms with van der Waals surface area (Å²) in [5.74, 6) is -2.33. The van der Waals surface area contributed by atoms with Gasteiger partial charge in [0.25, 0.3) is 5.91 Å². The Balaban J connectivity index is 2.01. The second kappa shape index (κ2) is 11.6. The number of benzene rings is 3. The summed E-state index contributed by atoms with van der Waals surface area (Å²) >= 11 is 0. The van der Waals surface area contributed by atoms with Gasteiger partial charge in [-0.25, -0.2) is 4.79 Å². The Labute approximate surface area is 204 Å². The van der Waals surface area contributed by atoms with E-state index in [0.717, 1.165) is 16.0 Å². The van der Waals surface area contributed by atoms with Gasteiger partial charge in [0.2, 0.25) is 5.91 Å². The number of carbonyl (C=O) groups is 3. The van der Waals surface area contributed by atoms with Crippen LogP contribution in [-0.2, 0) is 16.1 Å². The van der Waals surface area contributed by atoms with Crippen molar-refractivity contribution in [1.29, 1.82) is 5.41 Å². The highest BCUT2D eigenvalue weighted by Crippen LogP contribution is 2.25. The first-order valence-electron chi connectivity index (χ1n) is 11.1. The minimum Gasteiger partial charge on any atom is -0.462 e. The molecule has 0 bridgehead atoms. The zero-order valence-electron chi connectivity index (χ0n) is 19.7. The molecule has 0 heterocycles. The molecule has 0 aliphatic rings. The number of carbonyl (C=O) groups excluding carboxylic acids is 3. The number of nitrogens with one attached hydrogen (secondary N) is 2. The first-order chi connectivity index (χ1) is 16.8. The first kappa shape index (κ1) is 25.2. The third-order valence-electron chi connectivity index (χ3n) is 5.31. The summed E-state index contributed by atoms with van der Waals surface area (Å²) in [5, 5.41) is 11.0. The quantitative estimate of drug-likeness (QED) is 0.263. The maximum Gasteiger partial charge on any atom is 0.338 e. The topological polar surface area (TPSA) is 126 Å². The molecular formula is C27H28N4O4. The van der Waals surface area contributed by atoms with Crippen molar-refractivity contribution in [2.45, 2.75) is 26.4 Å². The number of esters is 1. The number of rotatable bonds is 8. The van der Waals surface area contributed by atoms with E-state index >= 15 is 0 Å². The molecule has 0 saturated heterocycles. The number of hydrogen-bond acceptors (Lipinski definition) is 5. The Morgan fingerprint density at radius 1 is 0.971 bits per heavy atom. The van der Waals surface area contributed by atoms with Crippen LogP contribution < -0.4 is 11.1 Å². The number of nitrogens with zero attached hydrogens (tertiary/aromatic N) is 1. The van der Waals surface area contributed by atoms with E-state index in [2.05, 4.69) is 5.32 Å². The molecule has 4 N–H and O–H groups in total. The average molecular weight is 473 g/mol. The molecular weight excluding hydrogens is 444 g/mol.